The highest BCUT2D eigenvalue weighted by Crippen LogP contribution is 2.36. The lowest BCUT2D eigenvalue weighted by atomic mass is 9.80. The zero-order chi connectivity index (χ0) is 14.4. The maximum absolute atomic E-state index is 6.01. The molecular formula is C12H19BClN3O2. The summed E-state index contributed by atoms with van der Waals surface area (Å²) in [6.45, 7) is 8.05. The number of halogens is 1. The summed E-state index contributed by atoms with van der Waals surface area (Å²) < 4.78 is 12.0. The van der Waals surface area contributed by atoms with Gasteiger partial charge < -0.3 is 14.2 Å². The number of hydrogen-bond acceptors (Lipinski definition) is 5. The van der Waals surface area contributed by atoms with Crippen LogP contribution >= 0.6 is 11.6 Å². The third-order valence-electron chi connectivity index (χ3n) is 3.70. The van der Waals surface area contributed by atoms with E-state index in [1.807, 2.05) is 46.7 Å². The van der Waals surface area contributed by atoms with Gasteiger partial charge in [-0.2, -0.15) is 0 Å². The van der Waals surface area contributed by atoms with Crippen molar-refractivity contribution in [2.75, 3.05) is 19.0 Å². The first-order valence-corrected chi connectivity index (χ1v) is 6.57. The van der Waals surface area contributed by atoms with Gasteiger partial charge in [-0.3, -0.25) is 0 Å². The molecule has 0 aliphatic carbocycles. The van der Waals surface area contributed by atoms with Crippen LogP contribution < -0.4 is 10.4 Å². The van der Waals surface area contributed by atoms with E-state index in [0.717, 1.165) is 5.46 Å². The fraction of sp³-hybridized carbons (Fsp3) is 0.667. The molecule has 1 aromatic heterocycles. The second kappa shape index (κ2) is 4.61. The molecule has 0 bridgehead atoms. The normalized spacial score (nSPS) is 20.7. The second-order valence-electron chi connectivity index (χ2n) is 5.90. The lowest BCUT2D eigenvalue weighted by molar-refractivity contribution is 0.00578. The van der Waals surface area contributed by atoms with E-state index < -0.39 is 7.12 Å². The molecule has 2 heterocycles. The van der Waals surface area contributed by atoms with Crippen LogP contribution in [0.25, 0.3) is 0 Å². The van der Waals surface area contributed by atoms with Crippen molar-refractivity contribution in [1.82, 2.24) is 9.97 Å². The molecule has 1 aromatic rings. The molecule has 1 aliphatic rings. The Labute approximate surface area is 119 Å². The first-order chi connectivity index (χ1) is 8.64. The third-order valence-corrected chi connectivity index (χ3v) is 3.88. The van der Waals surface area contributed by atoms with Gasteiger partial charge in [0.05, 0.1) is 11.2 Å². The van der Waals surface area contributed by atoms with Crippen molar-refractivity contribution in [1.29, 1.82) is 0 Å². The van der Waals surface area contributed by atoms with Crippen molar-refractivity contribution in [2.24, 2.45) is 0 Å². The largest absolute Gasteiger partial charge is 0.500 e. The van der Waals surface area contributed by atoms with Crippen molar-refractivity contribution in [3.8, 4) is 0 Å². The van der Waals surface area contributed by atoms with E-state index in [4.69, 9.17) is 20.9 Å². The highest BCUT2D eigenvalue weighted by molar-refractivity contribution is 6.63. The molecule has 7 heteroatoms. The van der Waals surface area contributed by atoms with Gasteiger partial charge in [0, 0.05) is 25.8 Å². The maximum atomic E-state index is 6.01. The summed E-state index contributed by atoms with van der Waals surface area (Å²) in [7, 11) is 3.31. The molecule has 104 valence electrons. The Balaban J connectivity index is 2.39. The zero-order valence-corrected chi connectivity index (χ0v) is 12.9. The van der Waals surface area contributed by atoms with E-state index in [-0.39, 0.29) is 16.5 Å². The molecule has 0 N–H and O–H groups in total. The molecule has 0 spiro atoms. The number of rotatable bonds is 2. The van der Waals surface area contributed by atoms with Crippen LogP contribution in [0, 0.1) is 0 Å². The zero-order valence-electron chi connectivity index (χ0n) is 12.2. The van der Waals surface area contributed by atoms with Gasteiger partial charge in [0.15, 0.2) is 0 Å². The highest BCUT2D eigenvalue weighted by atomic mass is 35.5. The summed E-state index contributed by atoms with van der Waals surface area (Å²) >= 11 is 5.85. The van der Waals surface area contributed by atoms with E-state index >= 15 is 0 Å². The van der Waals surface area contributed by atoms with E-state index in [2.05, 4.69) is 9.97 Å². The van der Waals surface area contributed by atoms with Crippen LogP contribution in [0.2, 0.25) is 5.28 Å². The lowest BCUT2D eigenvalue weighted by Gasteiger charge is -2.32. The number of anilines is 1. The predicted molar refractivity (Wildman–Crippen MR) is 77.1 cm³/mol. The molecule has 0 atom stereocenters. The van der Waals surface area contributed by atoms with Gasteiger partial charge in [-0.15, -0.1) is 0 Å². The SMILES string of the molecule is CN(C)c1nc(Cl)ncc1B1OC(C)(C)C(C)(C)O1. The molecule has 1 aliphatic heterocycles. The van der Waals surface area contributed by atoms with E-state index in [0.29, 0.717) is 5.82 Å². The van der Waals surface area contributed by atoms with Crippen LogP contribution in [0.5, 0.6) is 0 Å². The Kier molecular flexibility index (Phi) is 3.54. The number of aromatic nitrogens is 2. The summed E-state index contributed by atoms with van der Waals surface area (Å²) in [6, 6.07) is 0. The van der Waals surface area contributed by atoms with Crippen LogP contribution in [0.3, 0.4) is 0 Å². The lowest BCUT2D eigenvalue weighted by Crippen LogP contribution is -2.41. The van der Waals surface area contributed by atoms with E-state index in [9.17, 15) is 0 Å². The smallest absolute Gasteiger partial charge is 0.399 e. The molecular weight excluding hydrogens is 264 g/mol. The number of hydrogen-bond donors (Lipinski definition) is 0. The highest BCUT2D eigenvalue weighted by Gasteiger charge is 2.52. The first-order valence-electron chi connectivity index (χ1n) is 6.19. The molecule has 1 saturated heterocycles. The van der Waals surface area contributed by atoms with Crippen LogP contribution in [-0.4, -0.2) is 42.4 Å². The molecule has 0 aromatic carbocycles. The number of nitrogens with zero attached hydrogens (tertiary/aromatic N) is 3. The quantitative estimate of drug-likeness (QED) is 0.608. The Morgan fingerprint density at radius 2 is 1.68 bits per heavy atom. The van der Waals surface area contributed by atoms with Gasteiger partial charge in [-0.25, -0.2) is 9.97 Å². The molecule has 19 heavy (non-hydrogen) atoms. The fourth-order valence-corrected chi connectivity index (χ4v) is 1.98. The van der Waals surface area contributed by atoms with E-state index in [1.165, 1.54) is 0 Å². The Bertz CT molecular complexity index is 478. The van der Waals surface area contributed by atoms with Gasteiger partial charge in [0.25, 0.3) is 0 Å². The van der Waals surface area contributed by atoms with Crippen molar-refractivity contribution in [3.05, 3.63) is 11.5 Å². The Morgan fingerprint density at radius 3 is 2.16 bits per heavy atom. The second-order valence-corrected chi connectivity index (χ2v) is 6.24. The minimum atomic E-state index is -0.486. The predicted octanol–water partition coefficient (Wildman–Crippen LogP) is 1.50. The molecule has 5 nitrogen and oxygen atoms in total. The molecule has 0 radical (unpaired) electrons. The van der Waals surface area contributed by atoms with Gasteiger partial charge in [0.1, 0.15) is 5.82 Å². The molecule has 1 fully saturated rings. The topological polar surface area (TPSA) is 47.5 Å². The Morgan fingerprint density at radius 1 is 1.16 bits per heavy atom. The summed E-state index contributed by atoms with van der Waals surface area (Å²) in [5.41, 5.74) is 0.00921. The average molecular weight is 284 g/mol. The summed E-state index contributed by atoms with van der Waals surface area (Å²) in [5.74, 6) is 0.707. The van der Waals surface area contributed by atoms with Crippen molar-refractivity contribution >= 4 is 30.0 Å². The van der Waals surface area contributed by atoms with E-state index in [1.54, 1.807) is 6.20 Å². The minimum absolute atomic E-state index is 0.212. The van der Waals surface area contributed by atoms with Crippen LogP contribution in [0.15, 0.2) is 6.20 Å². The van der Waals surface area contributed by atoms with Crippen molar-refractivity contribution < 1.29 is 9.31 Å². The standard InChI is InChI=1S/C12H19BClN3O2/c1-11(2)12(3,4)19-13(18-11)8-7-15-10(14)16-9(8)17(5)6/h7H,1-6H3. The Hall–Kier alpha value is -0.845. The summed E-state index contributed by atoms with van der Waals surface area (Å²) in [5, 5.41) is 0.212. The molecule has 0 unspecified atom stereocenters. The minimum Gasteiger partial charge on any atom is -0.399 e. The molecule has 0 saturated carbocycles. The van der Waals surface area contributed by atoms with Crippen LogP contribution in [-0.2, 0) is 9.31 Å². The van der Waals surface area contributed by atoms with Gasteiger partial charge in [0.2, 0.25) is 5.28 Å². The summed E-state index contributed by atoms with van der Waals surface area (Å²) in [4.78, 5) is 10.1. The van der Waals surface area contributed by atoms with Gasteiger partial charge in [-0.05, 0) is 39.3 Å². The van der Waals surface area contributed by atoms with Crippen molar-refractivity contribution in [2.45, 2.75) is 38.9 Å². The van der Waals surface area contributed by atoms with Gasteiger partial charge in [-0.1, -0.05) is 0 Å². The van der Waals surface area contributed by atoms with Crippen LogP contribution in [0.1, 0.15) is 27.7 Å². The third kappa shape index (κ3) is 2.57. The first kappa shape index (κ1) is 14.6. The van der Waals surface area contributed by atoms with Crippen LogP contribution in [0.4, 0.5) is 5.82 Å². The maximum Gasteiger partial charge on any atom is 0.500 e. The molecule has 0 amide bonds. The van der Waals surface area contributed by atoms with Crippen molar-refractivity contribution in [3.63, 3.8) is 0 Å². The van der Waals surface area contributed by atoms with Gasteiger partial charge >= 0.3 is 7.12 Å². The monoisotopic (exact) mass is 283 g/mol. The average Bonchev–Trinajstić information content (AvgIpc) is 2.47. The summed E-state index contributed by atoms with van der Waals surface area (Å²) in [6.07, 6.45) is 1.66. The molecule has 2 rings (SSSR count). The fourth-order valence-electron chi connectivity index (χ4n) is 1.86.